The van der Waals surface area contributed by atoms with Crippen molar-refractivity contribution in [3.8, 4) is 5.69 Å². The predicted octanol–water partition coefficient (Wildman–Crippen LogP) is 3.49. The van der Waals surface area contributed by atoms with Crippen LogP contribution in [0.3, 0.4) is 0 Å². The zero-order valence-corrected chi connectivity index (χ0v) is 19.6. The molecule has 0 saturated carbocycles. The highest BCUT2D eigenvalue weighted by Gasteiger charge is 2.19. The molecule has 32 heavy (non-hydrogen) atoms. The Hall–Kier alpha value is -2.69. The van der Waals surface area contributed by atoms with Crippen molar-refractivity contribution in [3.63, 3.8) is 0 Å². The predicted molar refractivity (Wildman–Crippen MR) is 124 cm³/mol. The number of benzene rings is 2. The first-order valence-electron chi connectivity index (χ1n) is 9.93. The molecule has 10 heteroatoms. The molecule has 1 heterocycles. The van der Waals surface area contributed by atoms with E-state index in [0.29, 0.717) is 27.7 Å². The third-order valence-electron chi connectivity index (χ3n) is 4.55. The molecule has 2 N–H and O–H groups in total. The van der Waals surface area contributed by atoms with Crippen molar-refractivity contribution < 1.29 is 17.6 Å². The van der Waals surface area contributed by atoms with Crippen LogP contribution in [-0.2, 0) is 22.3 Å². The van der Waals surface area contributed by atoms with Crippen molar-refractivity contribution in [1.29, 1.82) is 0 Å². The van der Waals surface area contributed by atoms with E-state index in [9.17, 15) is 17.6 Å². The molecule has 3 rings (SSSR count). The lowest BCUT2D eigenvalue weighted by Crippen LogP contribution is -2.32. The molecule has 7 nitrogen and oxygen atoms in total. The van der Waals surface area contributed by atoms with E-state index in [1.165, 1.54) is 30.1 Å². The van der Waals surface area contributed by atoms with Gasteiger partial charge >= 0.3 is 0 Å². The summed E-state index contributed by atoms with van der Waals surface area (Å²) in [4.78, 5) is 17.3. The molecule has 0 bridgehead atoms. The lowest BCUT2D eigenvalue weighted by Gasteiger charge is -2.14. The van der Waals surface area contributed by atoms with Crippen LogP contribution >= 0.6 is 11.8 Å². The van der Waals surface area contributed by atoms with Gasteiger partial charge in [0.2, 0.25) is 10.0 Å². The summed E-state index contributed by atoms with van der Waals surface area (Å²) in [6, 6.07) is 12.7. The summed E-state index contributed by atoms with van der Waals surface area (Å²) >= 11 is 1.37. The number of carbonyl (C=O) groups is 1. The smallest absolute Gasteiger partial charge is 0.270 e. The van der Waals surface area contributed by atoms with Crippen LogP contribution < -0.4 is 10.0 Å². The summed E-state index contributed by atoms with van der Waals surface area (Å²) in [6.07, 6.45) is 3.30. The number of hydrogen-bond acceptors (Lipinski definition) is 5. The van der Waals surface area contributed by atoms with Crippen LogP contribution in [0.15, 0.2) is 59.9 Å². The zero-order chi connectivity index (χ0) is 23.3. The van der Waals surface area contributed by atoms with Gasteiger partial charge in [0.15, 0.2) is 5.16 Å². The monoisotopic (exact) mass is 476 g/mol. The summed E-state index contributed by atoms with van der Waals surface area (Å²) < 4.78 is 42.3. The molecule has 0 aliphatic heterocycles. The highest BCUT2D eigenvalue weighted by molar-refractivity contribution is 7.98. The Labute approximate surface area is 191 Å². The van der Waals surface area contributed by atoms with Gasteiger partial charge in [-0.1, -0.05) is 36.0 Å². The van der Waals surface area contributed by atoms with Crippen molar-refractivity contribution in [1.82, 2.24) is 19.6 Å². The van der Waals surface area contributed by atoms with Gasteiger partial charge in [-0.2, -0.15) is 0 Å². The number of amides is 1. The minimum atomic E-state index is -3.50. The van der Waals surface area contributed by atoms with Crippen LogP contribution in [-0.4, -0.2) is 36.2 Å². The highest BCUT2D eigenvalue weighted by Crippen LogP contribution is 2.22. The Kier molecular flexibility index (Phi) is 7.70. The van der Waals surface area contributed by atoms with Crippen LogP contribution in [0.25, 0.3) is 5.69 Å². The molecule has 1 amide bonds. The molecular formula is C22H25FN4O3S2. The Morgan fingerprint density at radius 3 is 2.41 bits per heavy atom. The Bertz CT molecular complexity index is 1190. The van der Waals surface area contributed by atoms with E-state index in [1.54, 1.807) is 54.8 Å². The molecule has 170 valence electrons. The normalized spacial score (nSPS) is 11.7. The molecular weight excluding hydrogens is 451 g/mol. The first-order valence-corrected chi connectivity index (χ1v) is 12.8. The lowest BCUT2D eigenvalue weighted by molar-refractivity contribution is 0.0943. The average Bonchev–Trinajstić information content (AvgIpc) is 3.16. The molecule has 0 saturated heterocycles. The van der Waals surface area contributed by atoms with E-state index in [2.05, 4.69) is 15.0 Å². The van der Waals surface area contributed by atoms with E-state index in [-0.39, 0.29) is 30.1 Å². The standard InChI is InChI=1S/C22H25FN4O3S2/c1-15(2)26-32(29,30)14-17-7-5-4-6-16(17)12-24-21(28)20-13-25-22(31-3)27(20)19-10-8-18(23)9-11-19/h4-11,13,15,26H,12,14H2,1-3H3,(H,24,28). The van der Waals surface area contributed by atoms with Gasteiger partial charge in [0.1, 0.15) is 11.5 Å². The molecule has 0 unspecified atom stereocenters. The van der Waals surface area contributed by atoms with Gasteiger partial charge in [0, 0.05) is 18.3 Å². The number of nitrogens with zero attached hydrogens (tertiary/aromatic N) is 2. The number of halogens is 1. The summed E-state index contributed by atoms with van der Waals surface area (Å²) in [6.45, 7) is 3.67. The fraction of sp³-hybridized carbons (Fsp3) is 0.273. The van der Waals surface area contributed by atoms with Gasteiger partial charge in [-0.05, 0) is 55.5 Å². The van der Waals surface area contributed by atoms with Crippen LogP contribution in [0.5, 0.6) is 0 Å². The maximum Gasteiger partial charge on any atom is 0.270 e. The van der Waals surface area contributed by atoms with E-state index in [1.807, 2.05) is 6.26 Å². The Morgan fingerprint density at radius 1 is 1.12 bits per heavy atom. The molecule has 2 aromatic carbocycles. The Morgan fingerprint density at radius 2 is 1.78 bits per heavy atom. The van der Waals surface area contributed by atoms with Gasteiger partial charge in [-0.25, -0.2) is 22.5 Å². The number of sulfonamides is 1. The highest BCUT2D eigenvalue weighted by atomic mass is 32.2. The maximum atomic E-state index is 13.3. The number of hydrogen-bond donors (Lipinski definition) is 2. The third-order valence-corrected chi connectivity index (χ3v) is 6.72. The quantitative estimate of drug-likeness (QED) is 0.461. The number of thioether (sulfide) groups is 1. The van der Waals surface area contributed by atoms with Gasteiger partial charge in [-0.3, -0.25) is 9.36 Å². The van der Waals surface area contributed by atoms with Crippen molar-refractivity contribution in [2.75, 3.05) is 6.26 Å². The molecule has 0 radical (unpaired) electrons. The first-order chi connectivity index (χ1) is 15.2. The second-order valence-corrected chi connectivity index (χ2v) is 9.95. The van der Waals surface area contributed by atoms with E-state index >= 15 is 0 Å². The molecule has 3 aromatic rings. The number of aromatic nitrogens is 2. The SMILES string of the molecule is CSc1ncc(C(=O)NCc2ccccc2CS(=O)(=O)NC(C)C)n1-c1ccc(F)cc1. The van der Waals surface area contributed by atoms with Crippen LogP contribution in [0.1, 0.15) is 35.5 Å². The summed E-state index contributed by atoms with van der Waals surface area (Å²) in [5.74, 6) is -0.925. The summed E-state index contributed by atoms with van der Waals surface area (Å²) in [5.41, 5.74) is 2.22. The zero-order valence-electron chi connectivity index (χ0n) is 18.0. The van der Waals surface area contributed by atoms with Crippen LogP contribution in [0, 0.1) is 5.82 Å². The minimum absolute atomic E-state index is 0.148. The van der Waals surface area contributed by atoms with Gasteiger partial charge < -0.3 is 5.32 Å². The van der Waals surface area contributed by atoms with Crippen molar-refractivity contribution in [3.05, 3.63) is 77.4 Å². The van der Waals surface area contributed by atoms with E-state index in [0.717, 1.165) is 0 Å². The first kappa shape index (κ1) is 24.0. The molecule has 0 spiro atoms. The third kappa shape index (κ3) is 5.96. The fourth-order valence-electron chi connectivity index (χ4n) is 3.22. The minimum Gasteiger partial charge on any atom is -0.347 e. The fourth-order valence-corrected chi connectivity index (χ4v) is 5.26. The summed E-state index contributed by atoms with van der Waals surface area (Å²) in [5, 5.41) is 3.43. The van der Waals surface area contributed by atoms with Crippen molar-refractivity contribution >= 4 is 27.7 Å². The molecule has 0 aliphatic rings. The number of rotatable bonds is 9. The van der Waals surface area contributed by atoms with E-state index < -0.39 is 10.0 Å². The maximum absolute atomic E-state index is 13.3. The lowest BCUT2D eigenvalue weighted by atomic mass is 10.1. The molecule has 0 aliphatic carbocycles. The second-order valence-electron chi connectivity index (χ2n) is 7.42. The van der Waals surface area contributed by atoms with Gasteiger partial charge in [-0.15, -0.1) is 0 Å². The topological polar surface area (TPSA) is 93.1 Å². The summed E-state index contributed by atoms with van der Waals surface area (Å²) in [7, 11) is -3.50. The molecule has 0 fully saturated rings. The van der Waals surface area contributed by atoms with Gasteiger partial charge in [0.05, 0.1) is 11.9 Å². The van der Waals surface area contributed by atoms with Crippen LogP contribution in [0.2, 0.25) is 0 Å². The van der Waals surface area contributed by atoms with Crippen molar-refractivity contribution in [2.24, 2.45) is 0 Å². The Balaban J connectivity index is 1.81. The van der Waals surface area contributed by atoms with Gasteiger partial charge in [0.25, 0.3) is 5.91 Å². The number of carbonyl (C=O) groups excluding carboxylic acids is 1. The number of imidazole rings is 1. The molecule has 1 aromatic heterocycles. The number of nitrogens with one attached hydrogen (secondary N) is 2. The largest absolute Gasteiger partial charge is 0.347 e. The van der Waals surface area contributed by atoms with Crippen molar-refractivity contribution in [2.45, 2.75) is 37.3 Å². The molecule has 0 atom stereocenters. The van der Waals surface area contributed by atoms with E-state index in [4.69, 9.17) is 0 Å². The second kappa shape index (κ2) is 10.3. The van der Waals surface area contributed by atoms with Crippen LogP contribution in [0.4, 0.5) is 4.39 Å². The average molecular weight is 477 g/mol.